The highest BCUT2D eigenvalue weighted by molar-refractivity contribution is 5.67. The molecular weight excluding hydrogens is 201 g/mol. The van der Waals surface area contributed by atoms with Crippen LogP contribution in [0.3, 0.4) is 0 Å². The van der Waals surface area contributed by atoms with Gasteiger partial charge in [0.25, 0.3) is 0 Å². The van der Waals surface area contributed by atoms with Gasteiger partial charge in [-0.1, -0.05) is 36.4 Å². The summed E-state index contributed by atoms with van der Waals surface area (Å²) >= 11 is 0. The molecule has 0 radical (unpaired) electrons. The predicted molar refractivity (Wildman–Crippen MR) is 64.6 cm³/mol. The Morgan fingerprint density at radius 2 is 1.81 bits per heavy atom. The summed E-state index contributed by atoms with van der Waals surface area (Å²) in [6, 6.07) is 14.8. The summed E-state index contributed by atoms with van der Waals surface area (Å²) < 4.78 is 13.3. The van der Waals surface area contributed by atoms with Gasteiger partial charge < -0.3 is 5.32 Å². The highest BCUT2D eigenvalue weighted by Crippen LogP contribution is 2.24. The molecule has 2 rings (SSSR count). The Bertz CT molecular complexity index is 465. The number of nitrogens with one attached hydrogen (secondary N) is 1. The van der Waals surface area contributed by atoms with Crippen molar-refractivity contribution in [2.24, 2.45) is 0 Å². The fourth-order valence-electron chi connectivity index (χ4n) is 1.78. The second-order valence-electron chi connectivity index (χ2n) is 3.70. The van der Waals surface area contributed by atoms with Gasteiger partial charge in [0.15, 0.2) is 0 Å². The SMILES string of the molecule is CNCc1ccc(F)cc1-c1ccccc1. The van der Waals surface area contributed by atoms with Crippen LogP contribution in [0, 0.1) is 5.82 Å². The van der Waals surface area contributed by atoms with Crippen molar-refractivity contribution in [1.29, 1.82) is 0 Å². The summed E-state index contributed by atoms with van der Waals surface area (Å²) in [6.45, 7) is 0.741. The third-order valence-corrected chi connectivity index (χ3v) is 2.52. The van der Waals surface area contributed by atoms with E-state index in [1.165, 1.54) is 6.07 Å². The maximum Gasteiger partial charge on any atom is 0.123 e. The van der Waals surface area contributed by atoms with Crippen LogP contribution in [0.5, 0.6) is 0 Å². The van der Waals surface area contributed by atoms with E-state index in [4.69, 9.17) is 0 Å². The van der Waals surface area contributed by atoms with E-state index >= 15 is 0 Å². The van der Waals surface area contributed by atoms with E-state index < -0.39 is 0 Å². The number of hydrogen-bond acceptors (Lipinski definition) is 1. The second-order valence-corrected chi connectivity index (χ2v) is 3.70. The first kappa shape index (κ1) is 10.8. The highest BCUT2D eigenvalue weighted by atomic mass is 19.1. The van der Waals surface area contributed by atoms with Gasteiger partial charge >= 0.3 is 0 Å². The van der Waals surface area contributed by atoms with E-state index in [-0.39, 0.29) is 5.82 Å². The summed E-state index contributed by atoms with van der Waals surface area (Å²) in [6.07, 6.45) is 0. The van der Waals surface area contributed by atoms with E-state index in [0.717, 1.165) is 23.2 Å². The van der Waals surface area contributed by atoms with Crippen molar-refractivity contribution in [1.82, 2.24) is 5.32 Å². The Balaban J connectivity index is 2.49. The van der Waals surface area contributed by atoms with Crippen LogP contribution in [0.4, 0.5) is 4.39 Å². The largest absolute Gasteiger partial charge is 0.316 e. The molecule has 0 bridgehead atoms. The lowest BCUT2D eigenvalue weighted by atomic mass is 9.99. The van der Waals surface area contributed by atoms with Crippen LogP contribution >= 0.6 is 0 Å². The van der Waals surface area contributed by atoms with E-state index in [1.807, 2.05) is 43.4 Å². The Labute approximate surface area is 94.9 Å². The first-order valence-corrected chi connectivity index (χ1v) is 5.29. The number of hydrogen-bond donors (Lipinski definition) is 1. The minimum absolute atomic E-state index is 0.196. The van der Waals surface area contributed by atoms with Gasteiger partial charge in [-0.05, 0) is 35.9 Å². The van der Waals surface area contributed by atoms with Gasteiger partial charge in [0.05, 0.1) is 0 Å². The van der Waals surface area contributed by atoms with Crippen LogP contribution < -0.4 is 5.32 Å². The zero-order valence-corrected chi connectivity index (χ0v) is 9.20. The lowest BCUT2D eigenvalue weighted by Crippen LogP contribution is -2.06. The molecule has 16 heavy (non-hydrogen) atoms. The van der Waals surface area contributed by atoms with Gasteiger partial charge in [0.2, 0.25) is 0 Å². The van der Waals surface area contributed by atoms with Gasteiger partial charge in [0.1, 0.15) is 5.82 Å². The van der Waals surface area contributed by atoms with Crippen molar-refractivity contribution in [3.63, 3.8) is 0 Å². The van der Waals surface area contributed by atoms with E-state index in [0.29, 0.717) is 0 Å². The Morgan fingerprint density at radius 1 is 1.06 bits per heavy atom. The lowest BCUT2D eigenvalue weighted by molar-refractivity contribution is 0.627. The molecule has 0 saturated heterocycles. The van der Waals surface area contributed by atoms with Crippen LogP contribution in [-0.2, 0) is 6.54 Å². The molecule has 0 atom stereocenters. The minimum atomic E-state index is -0.196. The third kappa shape index (κ3) is 2.28. The maximum absolute atomic E-state index is 13.3. The number of rotatable bonds is 3. The Morgan fingerprint density at radius 3 is 2.50 bits per heavy atom. The molecule has 0 amide bonds. The van der Waals surface area contributed by atoms with Crippen LogP contribution in [-0.4, -0.2) is 7.05 Å². The van der Waals surface area contributed by atoms with Crippen molar-refractivity contribution in [2.45, 2.75) is 6.54 Å². The lowest BCUT2D eigenvalue weighted by Gasteiger charge is -2.09. The molecule has 82 valence electrons. The van der Waals surface area contributed by atoms with Crippen LogP contribution in [0.1, 0.15) is 5.56 Å². The highest BCUT2D eigenvalue weighted by Gasteiger charge is 2.05. The molecule has 0 aliphatic heterocycles. The molecule has 0 fully saturated rings. The van der Waals surface area contributed by atoms with Gasteiger partial charge in [-0.15, -0.1) is 0 Å². The molecule has 1 nitrogen and oxygen atoms in total. The summed E-state index contributed by atoms with van der Waals surface area (Å²) in [4.78, 5) is 0. The number of halogens is 1. The molecule has 0 aromatic heterocycles. The summed E-state index contributed by atoms with van der Waals surface area (Å²) in [7, 11) is 1.89. The van der Waals surface area contributed by atoms with Crippen LogP contribution in [0.15, 0.2) is 48.5 Å². The van der Waals surface area contributed by atoms with Crippen molar-refractivity contribution in [3.8, 4) is 11.1 Å². The van der Waals surface area contributed by atoms with Gasteiger partial charge in [-0.25, -0.2) is 4.39 Å². The average molecular weight is 215 g/mol. The average Bonchev–Trinajstić information content (AvgIpc) is 2.33. The topological polar surface area (TPSA) is 12.0 Å². The van der Waals surface area contributed by atoms with Crippen molar-refractivity contribution >= 4 is 0 Å². The standard InChI is InChI=1S/C14H14FN/c1-16-10-12-7-8-13(15)9-14(12)11-5-3-2-4-6-11/h2-9,16H,10H2,1H3. The van der Waals surface area contributed by atoms with E-state index in [1.54, 1.807) is 6.07 Å². The first-order valence-electron chi connectivity index (χ1n) is 5.29. The molecule has 2 aromatic carbocycles. The second kappa shape index (κ2) is 4.90. The fraction of sp³-hybridized carbons (Fsp3) is 0.143. The molecule has 0 spiro atoms. The molecule has 2 heteroatoms. The summed E-state index contributed by atoms with van der Waals surface area (Å²) in [5.41, 5.74) is 3.11. The third-order valence-electron chi connectivity index (χ3n) is 2.52. The summed E-state index contributed by atoms with van der Waals surface area (Å²) in [5, 5.41) is 3.09. The molecule has 0 aliphatic carbocycles. The van der Waals surface area contributed by atoms with Gasteiger partial charge in [-0.2, -0.15) is 0 Å². The normalized spacial score (nSPS) is 10.4. The summed E-state index contributed by atoms with van der Waals surface area (Å²) in [5.74, 6) is -0.196. The molecule has 2 aromatic rings. The van der Waals surface area contributed by atoms with Crippen LogP contribution in [0.25, 0.3) is 11.1 Å². The quantitative estimate of drug-likeness (QED) is 0.829. The van der Waals surface area contributed by atoms with E-state index in [9.17, 15) is 4.39 Å². The van der Waals surface area contributed by atoms with Crippen molar-refractivity contribution < 1.29 is 4.39 Å². The Kier molecular flexibility index (Phi) is 3.32. The van der Waals surface area contributed by atoms with Crippen LogP contribution in [0.2, 0.25) is 0 Å². The van der Waals surface area contributed by atoms with Crippen molar-refractivity contribution in [3.05, 3.63) is 59.9 Å². The zero-order chi connectivity index (χ0) is 11.4. The Hall–Kier alpha value is -1.67. The monoisotopic (exact) mass is 215 g/mol. The number of benzene rings is 2. The molecule has 0 unspecified atom stereocenters. The molecule has 1 N–H and O–H groups in total. The van der Waals surface area contributed by atoms with Gasteiger partial charge in [0, 0.05) is 6.54 Å². The predicted octanol–water partition coefficient (Wildman–Crippen LogP) is 3.21. The first-order chi connectivity index (χ1) is 7.81. The molecular formula is C14H14FN. The molecule has 0 aliphatic rings. The van der Waals surface area contributed by atoms with E-state index in [2.05, 4.69) is 5.32 Å². The molecule has 0 saturated carbocycles. The smallest absolute Gasteiger partial charge is 0.123 e. The maximum atomic E-state index is 13.3. The van der Waals surface area contributed by atoms with Gasteiger partial charge in [-0.3, -0.25) is 0 Å². The van der Waals surface area contributed by atoms with Crippen molar-refractivity contribution in [2.75, 3.05) is 7.05 Å². The zero-order valence-electron chi connectivity index (χ0n) is 9.20. The molecule has 0 heterocycles. The minimum Gasteiger partial charge on any atom is -0.316 e. The fourth-order valence-corrected chi connectivity index (χ4v) is 1.78.